The van der Waals surface area contributed by atoms with E-state index in [1.807, 2.05) is 0 Å². The summed E-state index contributed by atoms with van der Waals surface area (Å²) in [7, 11) is 0. The lowest BCUT2D eigenvalue weighted by molar-refractivity contribution is -0.142. The molecule has 1 atom stereocenters. The van der Waals surface area contributed by atoms with Crippen LogP contribution in [0.2, 0.25) is 0 Å². The fourth-order valence-electron chi connectivity index (χ4n) is 1.80. The topological polar surface area (TPSA) is 122 Å². The number of ether oxygens (including phenoxy) is 2. The molecule has 0 bridgehead atoms. The van der Waals surface area contributed by atoms with Crippen LogP contribution in [0, 0.1) is 0 Å². The Morgan fingerprint density at radius 2 is 2.09 bits per heavy atom. The summed E-state index contributed by atoms with van der Waals surface area (Å²) in [6.07, 6.45) is 1.42. The quantitative estimate of drug-likeness (QED) is 0.496. The summed E-state index contributed by atoms with van der Waals surface area (Å²) >= 11 is 0. The molecule has 22 heavy (non-hydrogen) atoms. The van der Waals surface area contributed by atoms with Gasteiger partial charge in [-0.1, -0.05) is 0 Å². The third-order valence-corrected chi connectivity index (χ3v) is 2.65. The lowest BCUT2D eigenvalue weighted by Crippen LogP contribution is -2.45. The summed E-state index contributed by atoms with van der Waals surface area (Å²) in [5.74, 6) is -1.08. The molecule has 0 aromatic heterocycles. The molecule has 2 aliphatic heterocycles. The first-order valence-electron chi connectivity index (χ1n) is 6.47. The second-order valence-corrected chi connectivity index (χ2v) is 4.46. The van der Waals surface area contributed by atoms with Crippen LogP contribution in [0.25, 0.3) is 0 Å². The third kappa shape index (κ3) is 3.95. The molecular weight excluding hydrogens is 294 g/mol. The number of carbonyl (C=O) groups is 3. The number of carbonyl (C=O) groups excluding carboxylic acids is 3. The van der Waals surface area contributed by atoms with Gasteiger partial charge in [-0.15, -0.1) is 0 Å². The van der Waals surface area contributed by atoms with Crippen molar-refractivity contribution in [3.8, 4) is 0 Å². The Morgan fingerprint density at radius 3 is 2.77 bits per heavy atom. The van der Waals surface area contributed by atoms with Crippen LogP contribution >= 0.6 is 0 Å². The fraction of sp³-hybridized carbons (Fsp3) is 0.500. The Labute approximate surface area is 125 Å². The number of hydrogen-bond donors (Lipinski definition) is 1. The third-order valence-electron chi connectivity index (χ3n) is 2.65. The largest absolute Gasteiger partial charge is 0.463 e. The highest BCUT2D eigenvalue weighted by Crippen LogP contribution is 2.14. The summed E-state index contributed by atoms with van der Waals surface area (Å²) in [6, 6.07) is -0.758. The van der Waals surface area contributed by atoms with Crippen LogP contribution in [-0.2, 0) is 23.9 Å². The number of aliphatic imine (C=N–C) groups is 3. The number of fused-ring (bicyclic) bond motifs is 1. The van der Waals surface area contributed by atoms with E-state index < -0.39 is 11.9 Å². The van der Waals surface area contributed by atoms with Gasteiger partial charge in [0, 0.05) is 13.8 Å². The van der Waals surface area contributed by atoms with E-state index in [9.17, 15) is 14.4 Å². The summed E-state index contributed by atoms with van der Waals surface area (Å²) in [5.41, 5.74) is 0. The number of rotatable bonds is 5. The van der Waals surface area contributed by atoms with Crippen LogP contribution in [0.15, 0.2) is 15.0 Å². The normalized spacial score (nSPS) is 19.5. The Balaban J connectivity index is 1.87. The summed E-state index contributed by atoms with van der Waals surface area (Å²) in [6.45, 7) is 3.00. The molecule has 1 N–H and O–H groups in total. The van der Waals surface area contributed by atoms with E-state index in [2.05, 4.69) is 20.3 Å². The summed E-state index contributed by atoms with van der Waals surface area (Å²) in [4.78, 5) is 46.7. The van der Waals surface area contributed by atoms with Crippen LogP contribution in [0.4, 0.5) is 0 Å². The van der Waals surface area contributed by atoms with Crippen molar-refractivity contribution in [1.82, 2.24) is 10.2 Å². The van der Waals surface area contributed by atoms with Gasteiger partial charge in [-0.3, -0.25) is 19.7 Å². The van der Waals surface area contributed by atoms with Gasteiger partial charge in [0.05, 0.1) is 12.9 Å². The van der Waals surface area contributed by atoms with E-state index in [1.54, 1.807) is 0 Å². The molecule has 10 heteroatoms. The van der Waals surface area contributed by atoms with Crippen LogP contribution in [0.5, 0.6) is 0 Å². The minimum Gasteiger partial charge on any atom is -0.463 e. The average molecular weight is 309 g/mol. The molecule has 0 aromatic carbocycles. The van der Waals surface area contributed by atoms with Crippen molar-refractivity contribution < 1.29 is 23.9 Å². The molecule has 0 fully saturated rings. The lowest BCUT2D eigenvalue weighted by Gasteiger charge is -2.23. The number of hydrogen-bond acceptors (Lipinski definition) is 8. The lowest BCUT2D eigenvalue weighted by atomic mass is 10.2. The van der Waals surface area contributed by atoms with Crippen molar-refractivity contribution >= 4 is 35.9 Å². The number of guanidine groups is 1. The Bertz CT molecular complexity index is 582. The SMILES string of the molecule is CC(=O)NC1=NC(=O)C2C(=N1)N=CN2COCCOC(C)=O. The Hall–Kier alpha value is -2.62. The standard InChI is InChI=1S/C12H15N5O5/c1-7(18)14-12-15-10-9(11(20)16-12)17(5-13-10)6-21-3-4-22-8(2)19/h5,9H,3-4,6H2,1-2H3,(H,14,16,18,20). The van der Waals surface area contributed by atoms with Crippen LogP contribution in [0.3, 0.4) is 0 Å². The molecular formula is C12H15N5O5. The van der Waals surface area contributed by atoms with Crippen molar-refractivity contribution in [3.63, 3.8) is 0 Å². The maximum Gasteiger partial charge on any atom is 0.302 e. The van der Waals surface area contributed by atoms with E-state index in [0.29, 0.717) is 0 Å². The molecule has 0 saturated heterocycles. The number of amidine groups is 1. The van der Waals surface area contributed by atoms with Crippen molar-refractivity contribution in [2.75, 3.05) is 19.9 Å². The van der Waals surface area contributed by atoms with E-state index in [-0.39, 0.29) is 43.6 Å². The number of nitrogens with zero attached hydrogens (tertiary/aromatic N) is 4. The molecule has 0 aromatic rings. The summed E-state index contributed by atoms with van der Waals surface area (Å²) < 4.78 is 10.0. The molecule has 2 rings (SSSR count). The smallest absolute Gasteiger partial charge is 0.302 e. The van der Waals surface area contributed by atoms with Gasteiger partial charge < -0.3 is 14.4 Å². The first kappa shape index (κ1) is 15.8. The van der Waals surface area contributed by atoms with Gasteiger partial charge in [-0.05, 0) is 0 Å². The molecule has 0 saturated carbocycles. The van der Waals surface area contributed by atoms with Gasteiger partial charge in [0.15, 0.2) is 11.9 Å². The molecule has 0 radical (unpaired) electrons. The first-order valence-corrected chi connectivity index (χ1v) is 6.47. The predicted molar refractivity (Wildman–Crippen MR) is 75.3 cm³/mol. The minimum absolute atomic E-state index is 0.0708. The zero-order valence-electron chi connectivity index (χ0n) is 12.1. The second kappa shape index (κ2) is 6.89. The average Bonchev–Trinajstić information content (AvgIpc) is 2.80. The highest BCUT2D eigenvalue weighted by Gasteiger charge is 2.37. The summed E-state index contributed by atoms with van der Waals surface area (Å²) in [5, 5.41) is 2.34. The van der Waals surface area contributed by atoms with Crippen LogP contribution in [-0.4, -0.2) is 66.8 Å². The zero-order chi connectivity index (χ0) is 16.1. The van der Waals surface area contributed by atoms with E-state index >= 15 is 0 Å². The molecule has 2 amide bonds. The molecule has 0 spiro atoms. The maximum atomic E-state index is 12.0. The molecule has 10 nitrogen and oxygen atoms in total. The zero-order valence-corrected chi connectivity index (χ0v) is 12.1. The van der Waals surface area contributed by atoms with Gasteiger partial charge in [0.1, 0.15) is 13.3 Å². The predicted octanol–water partition coefficient (Wildman–Crippen LogP) is -1.33. The second-order valence-electron chi connectivity index (χ2n) is 4.46. The van der Waals surface area contributed by atoms with Crippen molar-refractivity contribution in [2.45, 2.75) is 19.9 Å². The molecule has 1 unspecified atom stereocenters. The van der Waals surface area contributed by atoms with Gasteiger partial charge in [-0.2, -0.15) is 9.98 Å². The Kier molecular flexibility index (Phi) is 4.94. The molecule has 118 valence electrons. The molecule has 0 aliphatic carbocycles. The molecule has 2 aliphatic rings. The van der Waals surface area contributed by atoms with Gasteiger partial charge >= 0.3 is 5.97 Å². The van der Waals surface area contributed by atoms with E-state index in [1.165, 1.54) is 25.1 Å². The van der Waals surface area contributed by atoms with Crippen molar-refractivity contribution in [1.29, 1.82) is 0 Å². The van der Waals surface area contributed by atoms with Crippen LogP contribution < -0.4 is 5.32 Å². The van der Waals surface area contributed by atoms with E-state index in [0.717, 1.165) is 0 Å². The van der Waals surface area contributed by atoms with E-state index in [4.69, 9.17) is 9.47 Å². The molecule has 2 heterocycles. The van der Waals surface area contributed by atoms with Crippen LogP contribution in [0.1, 0.15) is 13.8 Å². The number of nitrogens with one attached hydrogen (secondary N) is 1. The highest BCUT2D eigenvalue weighted by atomic mass is 16.6. The van der Waals surface area contributed by atoms with Gasteiger partial charge in [0.2, 0.25) is 11.9 Å². The maximum absolute atomic E-state index is 12.0. The van der Waals surface area contributed by atoms with Gasteiger partial charge in [-0.25, -0.2) is 4.99 Å². The monoisotopic (exact) mass is 309 g/mol. The van der Waals surface area contributed by atoms with Crippen molar-refractivity contribution in [2.24, 2.45) is 15.0 Å². The van der Waals surface area contributed by atoms with Gasteiger partial charge in [0.25, 0.3) is 5.91 Å². The Morgan fingerprint density at radius 1 is 1.32 bits per heavy atom. The minimum atomic E-state index is -0.758. The van der Waals surface area contributed by atoms with Crippen molar-refractivity contribution in [3.05, 3.63) is 0 Å². The fourth-order valence-corrected chi connectivity index (χ4v) is 1.80. The highest BCUT2D eigenvalue weighted by molar-refractivity contribution is 6.22. The first-order chi connectivity index (χ1) is 10.5. The number of esters is 1. The number of amides is 2.